The second kappa shape index (κ2) is 7.49. The van der Waals surface area contributed by atoms with E-state index in [1.165, 1.54) is 32.1 Å². The molecule has 0 radical (unpaired) electrons. The van der Waals surface area contributed by atoms with Crippen LogP contribution in [0.1, 0.15) is 72.6 Å². The summed E-state index contributed by atoms with van der Waals surface area (Å²) in [5.74, 6) is 0.886. The molecular formula is C16H33NO. The number of rotatable bonds is 5. The molecule has 0 heterocycles. The van der Waals surface area contributed by atoms with Gasteiger partial charge in [0.15, 0.2) is 0 Å². The van der Waals surface area contributed by atoms with Crippen LogP contribution in [0, 0.1) is 11.3 Å². The lowest BCUT2D eigenvalue weighted by Crippen LogP contribution is -2.36. The van der Waals surface area contributed by atoms with Gasteiger partial charge in [-0.3, -0.25) is 0 Å². The highest BCUT2D eigenvalue weighted by Crippen LogP contribution is 2.36. The van der Waals surface area contributed by atoms with E-state index in [-0.39, 0.29) is 0 Å². The first-order chi connectivity index (χ1) is 8.43. The fourth-order valence-corrected chi connectivity index (χ4v) is 3.22. The Kier molecular flexibility index (Phi) is 6.65. The van der Waals surface area contributed by atoms with Gasteiger partial charge in [-0.05, 0) is 56.8 Å². The van der Waals surface area contributed by atoms with Crippen molar-refractivity contribution in [3.05, 3.63) is 0 Å². The molecule has 1 saturated carbocycles. The molecule has 1 aliphatic carbocycles. The van der Waals surface area contributed by atoms with Gasteiger partial charge < -0.3 is 10.4 Å². The molecule has 108 valence electrons. The van der Waals surface area contributed by atoms with Gasteiger partial charge >= 0.3 is 0 Å². The van der Waals surface area contributed by atoms with Gasteiger partial charge in [0.2, 0.25) is 0 Å². The highest BCUT2D eigenvalue weighted by molar-refractivity contribution is 4.82. The molecule has 1 fully saturated rings. The van der Waals surface area contributed by atoms with Gasteiger partial charge in [0, 0.05) is 18.7 Å². The average molecular weight is 255 g/mol. The first kappa shape index (κ1) is 16.0. The molecule has 2 N–H and O–H groups in total. The van der Waals surface area contributed by atoms with Crippen molar-refractivity contribution in [3.63, 3.8) is 0 Å². The fraction of sp³-hybridized carbons (Fsp3) is 1.00. The van der Waals surface area contributed by atoms with E-state index in [4.69, 9.17) is 5.11 Å². The van der Waals surface area contributed by atoms with Crippen molar-refractivity contribution in [3.8, 4) is 0 Å². The second-order valence-corrected chi connectivity index (χ2v) is 7.20. The molecule has 0 aromatic heterocycles. The lowest BCUT2D eigenvalue weighted by molar-refractivity contribution is 0.213. The van der Waals surface area contributed by atoms with Gasteiger partial charge in [-0.1, -0.05) is 27.2 Å². The summed E-state index contributed by atoms with van der Waals surface area (Å²) in [6, 6.07) is 1.25. The lowest BCUT2D eigenvalue weighted by Gasteiger charge is -2.30. The predicted octanol–water partition coefficient (Wildman–Crippen LogP) is 3.73. The molecule has 2 nitrogen and oxygen atoms in total. The summed E-state index contributed by atoms with van der Waals surface area (Å²) in [4.78, 5) is 0. The van der Waals surface area contributed by atoms with Gasteiger partial charge in [0.1, 0.15) is 0 Å². The summed E-state index contributed by atoms with van der Waals surface area (Å²) in [6.07, 6.45) is 8.80. The maximum atomic E-state index is 8.86. The summed E-state index contributed by atoms with van der Waals surface area (Å²) < 4.78 is 0. The minimum Gasteiger partial charge on any atom is -0.396 e. The highest BCUT2D eigenvalue weighted by atomic mass is 16.2. The summed E-state index contributed by atoms with van der Waals surface area (Å²) >= 11 is 0. The lowest BCUT2D eigenvalue weighted by atomic mass is 9.76. The van der Waals surface area contributed by atoms with E-state index in [1.54, 1.807) is 0 Å². The Hall–Kier alpha value is -0.0800. The molecule has 0 aromatic carbocycles. The van der Waals surface area contributed by atoms with Crippen molar-refractivity contribution in [2.24, 2.45) is 11.3 Å². The predicted molar refractivity (Wildman–Crippen MR) is 78.7 cm³/mol. The van der Waals surface area contributed by atoms with E-state index in [0.29, 0.717) is 24.1 Å². The van der Waals surface area contributed by atoms with Gasteiger partial charge in [-0.15, -0.1) is 0 Å². The first-order valence-electron chi connectivity index (χ1n) is 7.80. The van der Waals surface area contributed by atoms with Gasteiger partial charge in [-0.2, -0.15) is 0 Å². The number of hydrogen-bond acceptors (Lipinski definition) is 2. The topological polar surface area (TPSA) is 32.3 Å². The van der Waals surface area contributed by atoms with Crippen molar-refractivity contribution >= 4 is 0 Å². The third-order valence-corrected chi connectivity index (χ3v) is 4.51. The Morgan fingerprint density at radius 1 is 1.17 bits per heavy atom. The summed E-state index contributed by atoms with van der Waals surface area (Å²) in [6.45, 7) is 9.73. The Bertz CT molecular complexity index is 222. The van der Waals surface area contributed by atoms with E-state index in [1.807, 2.05) is 0 Å². The zero-order chi connectivity index (χ0) is 13.6. The second-order valence-electron chi connectivity index (χ2n) is 7.20. The molecule has 0 aliphatic heterocycles. The minimum atomic E-state index is 0.322. The quantitative estimate of drug-likeness (QED) is 0.734. The summed E-state index contributed by atoms with van der Waals surface area (Å²) in [5.41, 5.74) is 0.470. The molecule has 0 saturated heterocycles. The van der Waals surface area contributed by atoms with Crippen LogP contribution >= 0.6 is 0 Å². The maximum absolute atomic E-state index is 8.86. The summed E-state index contributed by atoms with van der Waals surface area (Å²) in [5, 5.41) is 12.6. The van der Waals surface area contributed by atoms with Crippen LogP contribution in [-0.2, 0) is 0 Å². The van der Waals surface area contributed by atoms with E-state index >= 15 is 0 Å². The normalized spacial score (nSPS) is 27.8. The maximum Gasteiger partial charge on any atom is 0.0431 e. The van der Waals surface area contributed by atoms with Crippen molar-refractivity contribution < 1.29 is 5.11 Å². The smallest absolute Gasteiger partial charge is 0.0431 e. The van der Waals surface area contributed by atoms with Crippen molar-refractivity contribution in [2.75, 3.05) is 6.61 Å². The number of nitrogens with one attached hydrogen (secondary N) is 1. The van der Waals surface area contributed by atoms with Crippen LogP contribution in [0.15, 0.2) is 0 Å². The minimum absolute atomic E-state index is 0.322. The average Bonchev–Trinajstić information content (AvgIpc) is 2.51. The van der Waals surface area contributed by atoms with Crippen LogP contribution in [0.3, 0.4) is 0 Å². The van der Waals surface area contributed by atoms with Gasteiger partial charge in [-0.25, -0.2) is 0 Å². The van der Waals surface area contributed by atoms with E-state index in [9.17, 15) is 0 Å². The monoisotopic (exact) mass is 255 g/mol. The van der Waals surface area contributed by atoms with Crippen molar-refractivity contribution in [1.29, 1.82) is 0 Å². The van der Waals surface area contributed by atoms with Crippen LogP contribution in [-0.4, -0.2) is 23.8 Å². The van der Waals surface area contributed by atoms with Gasteiger partial charge in [0.25, 0.3) is 0 Å². The fourth-order valence-electron chi connectivity index (χ4n) is 3.22. The standard InChI is InChI=1S/C16H33NO/c1-13(7-6-12-18)17-15-9-5-8-14(10-11-15)16(2,3)4/h13-15,17-18H,5-12H2,1-4H3. The zero-order valence-corrected chi connectivity index (χ0v) is 12.8. The molecule has 1 aliphatic rings. The van der Waals surface area contributed by atoms with E-state index < -0.39 is 0 Å². The Morgan fingerprint density at radius 3 is 2.50 bits per heavy atom. The third-order valence-electron chi connectivity index (χ3n) is 4.51. The Labute approximate surface area is 114 Å². The van der Waals surface area contributed by atoms with Crippen molar-refractivity contribution in [2.45, 2.75) is 84.7 Å². The number of hydrogen-bond donors (Lipinski definition) is 2. The molecule has 2 heteroatoms. The molecule has 0 spiro atoms. The van der Waals surface area contributed by atoms with E-state index in [0.717, 1.165) is 18.8 Å². The van der Waals surface area contributed by atoms with Crippen LogP contribution in [0.4, 0.5) is 0 Å². The molecule has 3 atom stereocenters. The zero-order valence-electron chi connectivity index (χ0n) is 12.8. The number of aliphatic hydroxyl groups excluding tert-OH is 1. The molecule has 0 bridgehead atoms. The molecule has 1 rings (SSSR count). The number of aliphatic hydroxyl groups is 1. The van der Waals surface area contributed by atoms with Crippen LogP contribution in [0.25, 0.3) is 0 Å². The largest absolute Gasteiger partial charge is 0.396 e. The molecular weight excluding hydrogens is 222 g/mol. The van der Waals surface area contributed by atoms with E-state index in [2.05, 4.69) is 33.0 Å². The summed E-state index contributed by atoms with van der Waals surface area (Å²) in [7, 11) is 0. The molecule has 0 aromatic rings. The van der Waals surface area contributed by atoms with Crippen molar-refractivity contribution in [1.82, 2.24) is 5.32 Å². The van der Waals surface area contributed by atoms with Crippen LogP contribution in [0.2, 0.25) is 0 Å². The third kappa shape index (κ3) is 5.71. The Morgan fingerprint density at radius 2 is 1.89 bits per heavy atom. The first-order valence-corrected chi connectivity index (χ1v) is 7.80. The van der Waals surface area contributed by atoms with Crippen LogP contribution < -0.4 is 5.32 Å². The molecule has 3 unspecified atom stereocenters. The SMILES string of the molecule is CC(CCCO)NC1CCCC(C(C)(C)C)CC1. The van der Waals surface area contributed by atoms with Crippen LogP contribution in [0.5, 0.6) is 0 Å². The molecule has 18 heavy (non-hydrogen) atoms. The Balaban J connectivity index is 2.33. The van der Waals surface area contributed by atoms with Gasteiger partial charge in [0.05, 0.1) is 0 Å². The highest BCUT2D eigenvalue weighted by Gasteiger charge is 2.27. The molecule has 0 amide bonds.